The molecule has 0 spiro atoms. The fraction of sp³-hybridized carbons (Fsp3) is 0.407. The number of thiocarbonyl (C=S) groups is 1. The van der Waals surface area contributed by atoms with Crippen molar-refractivity contribution in [1.29, 1.82) is 0 Å². The maximum Gasteiger partial charge on any atom is 0.253 e. The molecule has 174 valence electrons. The van der Waals surface area contributed by atoms with Gasteiger partial charge in [0, 0.05) is 29.1 Å². The minimum absolute atomic E-state index is 0.0560. The second kappa shape index (κ2) is 11.3. The van der Waals surface area contributed by atoms with Gasteiger partial charge in [0.2, 0.25) is 0 Å². The Kier molecular flexibility index (Phi) is 8.00. The zero-order chi connectivity index (χ0) is 23.0. The SMILES string of the molecule is CCOc1ccc2[nH]c(=O)c(CN(C(=S)NCCc3ccccc3)C3CCCCC3)cc2c1. The number of nitrogens with one attached hydrogen (secondary N) is 2. The molecular weight excluding hydrogens is 430 g/mol. The van der Waals surface area contributed by atoms with Crippen LogP contribution in [0.4, 0.5) is 0 Å². The first kappa shape index (κ1) is 23.3. The first-order valence-corrected chi connectivity index (χ1v) is 12.4. The van der Waals surface area contributed by atoms with E-state index in [-0.39, 0.29) is 5.56 Å². The smallest absolute Gasteiger partial charge is 0.253 e. The minimum atomic E-state index is -0.0560. The number of fused-ring (bicyclic) bond motifs is 1. The second-order valence-electron chi connectivity index (χ2n) is 8.69. The molecule has 6 heteroatoms. The van der Waals surface area contributed by atoms with Crippen LogP contribution in [-0.4, -0.2) is 34.2 Å². The molecule has 0 saturated heterocycles. The Bertz CT molecular complexity index is 1120. The summed E-state index contributed by atoms with van der Waals surface area (Å²) in [6, 6.07) is 18.5. The maximum atomic E-state index is 12.9. The molecule has 1 heterocycles. The van der Waals surface area contributed by atoms with Gasteiger partial charge in [-0.05, 0) is 68.2 Å². The molecule has 2 aromatic carbocycles. The number of H-pyrrole nitrogens is 1. The van der Waals surface area contributed by atoms with Gasteiger partial charge in [0.25, 0.3) is 5.56 Å². The molecule has 4 rings (SSSR count). The zero-order valence-electron chi connectivity index (χ0n) is 19.3. The first-order chi connectivity index (χ1) is 16.1. The van der Waals surface area contributed by atoms with Crippen molar-refractivity contribution in [1.82, 2.24) is 15.2 Å². The molecular formula is C27H33N3O2S. The van der Waals surface area contributed by atoms with Gasteiger partial charge in [0.15, 0.2) is 5.11 Å². The Hall–Kier alpha value is -2.86. The van der Waals surface area contributed by atoms with Crippen LogP contribution in [0.15, 0.2) is 59.4 Å². The Morgan fingerprint density at radius 3 is 2.67 bits per heavy atom. The van der Waals surface area contributed by atoms with Crippen molar-refractivity contribution in [2.24, 2.45) is 0 Å². The highest BCUT2D eigenvalue weighted by molar-refractivity contribution is 7.80. The molecule has 0 unspecified atom stereocenters. The number of ether oxygens (including phenoxy) is 1. The number of hydrogen-bond donors (Lipinski definition) is 2. The van der Waals surface area contributed by atoms with Crippen LogP contribution in [0.1, 0.15) is 50.2 Å². The number of nitrogens with zero attached hydrogens (tertiary/aromatic N) is 1. The van der Waals surface area contributed by atoms with E-state index in [1.54, 1.807) is 0 Å². The van der Waals surface area contributed by atoms with Gasteiger partial charge in [-0.2, -0.15) is 0 Å². The van der Waals surface area contributed by atoms with Crippen LogP contribution in [0.3, 0.4) is 0 Å². The lowest BCUT2D eigenvalue weighted by atomic mass is 9.94. The molecule has 1 aliphatic carbocycles. The van der Waals surface area contributed by atoms with Crippen LogP contribution in [0, 0.1) is 0 Å². The van der Waals surface area contributed by atoms with Crippen LogP contribution in [0.25, 0.3) is 10.9 Å². The standard InChI is InChI=1S/C27H33N3O2S/c1-2-32-24-13-14-25-21(18-24)17-22(26(31)29-25)19-30(23-11-7-4-8-12-23)27(33)28-16-15-20-9-5-3-6-10-20/h3,5-6,9-10,13-14,17-18,23H,2,4,7-8,11-12,15-16,19H2,1H3,(H,28,33)(H,29,31). The van der Waals surface area contributed by atoms with E-state index < -0.39 is 0 Å². The summed E-state index contributed by atoms with van der Waals surface area (Å²) in [7, 11) is 0. The highest BCUT2D eigenvalue weighted by Crippen LogP contribution is 2.25. The topological polar surface area (TPSA) is 57.4 Å². The maximum absolute atomic E-state index is 12.9. The molecule has 1 aromatic heterocycles. The summed E-state index contributed by atoms with van der Waals surface area (Å²) in [5, 5.41) is 5.17. The molecule has 0 aliphatic heterocycles. The van der Waals surface area contributed by atoms with Crippen molar-refractivity contribution >= 4 is 28.2 Å². The van der Waals surface area contributed by atoms with Crippen molar-refractivity contribution in [2.45, 2.75) is 58.0 Å². The summed E-state index contributed by atoms with van der Waals surface area (Å²) in [5.41, 5.74) is 2.78. The zero-order valence-corrected chi connectivity index (χ0v) is 20.1. The normalized spacial score (nSPS) is 14.2. The molecule has 1 saturated carbocycles. The molecule has 5 nitrogen and oxygen atoms in total. The summed E-state index contributed by atoms with van der Waals surface area (Å²) in [4.78, 5) is 18.2. The van der Waals surface area contributed by atoms with Crippen molar-refractivity contribution in [3.05, 3.63) is 76.1 Å². The van der Waals surface area contributed by atoms with Crippen molar-refractivity contribution in [3.8, 4) is 5.75 Å². The van der Waals surface area contributed by atoms with E-state index in [4.69, 9.17) is 17.0 Å². The second-order valence-corrected chi connectivity index (χ2v) is 9.08. The quantitative estimate of drug-likeness (QED) is 0.451. The molecule has 2 N–H and O–H groups in total. The predicted octanol–water partition coefficient (Wildman–Crippen LogP) is 5.18. The van der Waals surface area contributed by atoms with Crippen LogP contribution in [-0.2, 0) is 13.0 Å². The lowest BCUT2D eigenvalue weighted by Gasteiger charge is -2.36. The predicted molar refractivity (Wildman–Crippen MR) is 139 cm³/mol. The van der Waals surface area contributed by atoms with E-state index in [1.807, 2.05) is 37.3 Å². The Morgan fingerprint density at radius 1 is 1.12 bits per heavy atom. The van der Waals surface area contributed by atoms with Crippen molar-refractivity contribution < 1.29 is 4.74 Å². The minimum Gasteiger partial charge on any atom is -0.494 e. The summed E-state index contributed by atoms with van der Waals surface area (Å²) >= 11 is 5.85. The van der Waals surface area contributed by atoms with Gasteiger partial charge in [-0.1, -0.05) is 49.6 Å². The molecule has 0 radical (unpaired) electrons. The Balaban J connectivity index is 1.52. The van der Waals surface area contributed by atoms with Crippen LogP contribution >= 0.6 is 12.2 Å². The summed E-state index contributed by atoms with van der Waals surface area (Å²) < 4.78 is 5.65. The average molecular weight is 464 g/mol. The number of aromatic nitrogens is 1. The van der Waals surface area contributed by atoms with Gasteiger partial charge in [-0.3, -0.25) is 4.79 Å². The Morgan fingerprint density at radius 2 is 1.91 bits per heavy atom. The third-order valence-electron chi connectivity index (χ3n) is 6.35. The largest absolute Gasteiger partial charge is 0.494 e. The molecule has 0 amide bonds. The van der Waals surface area contributed by atoms with Crippen molar-refractivity contribution in [3.63, 3.8) is 0 Å². The number of aromatic amines is 1. The van der Waals surface area contributed by atoms with E-state index in [9.17, 15) is 4.79 Å². The summed E-state index contributed by atoms with van der Waals surface area (Å²) in [6.07, 6.45) is 6.83. The van der Waals surface area contributed by atoms with Gasteiger partial charge in [0.05, 0.1) is 13.2 Å². The van der Waals surface area contributed by atoms with Gasteiger partial charge in [0.1, 0.15) is 5.75 Å². The van der Waals surface area contributed by atoms with Crippen LogP contribution in [0.2, 0.25) is 0 Å². The van der Waals surface area contributed by atoms with Gasteiger partial charge >= 0.3 is 0 Å². The highest BCUT2D eigenvalue weighted by atomic mass is 32.1. The molecule has 33 heavy (non-hydrogen) atoms. The summed E-state index contributed by atoms with van der Waals surface area (Å²) in [5.74, 6) is 0.810. The lowest BCUT2D eigenvalue weighted by molar-refractivity contribution is 0.234. The van der Waals surface area contributed by atoms with Crippen molar-refractivity contribution in [2.75, 3.05) is 13.2 Å². The summed E-state index contributed by atoms with van der Waals surface area (Å²) in [6.45, 7) is 3.86. The molecule has 1 aliphatic rings. The van der Waals surface area contributed by atoms with E-state index >= 15 is 0 Å². The van der Waals surface area contributed by atoms with Gasteiger partial charge < -0.3 is 19.9 Å². The molecule has 0 atom stereocenters. The number of hydrogen-bond acceptors (Lipinski definition) is 3. The number of rotatable bonds is 8. The number of benzene rings is 2. The van der Waals surface area contributed by atoms with Gasteiger partial charge in [-0.25, -0.2) is 0 Å². The van der Waals surface area contributed by atoms with E-state index in [1.165, 1.54) is 24.8 Å². The fourth-order valence-electron chi connectivity index (χ4n) is 4.61. The molecule has 3 aromatic rings. The van der Waals surface area contributed by atoms with E-state index in [0.29, 0.717) is 19.2 Å². The average Bonchev–Trinajstić information content (AvgIpc) is 2.84. The van der Waals surface area contributed by atoms with Crippen LogP contribution in [0.5, 0.6) is 5.75 Å². The molecule has 0 bridgehead atoms. The molecule has 1 fully saturated rings. The third-order valence-corrected chi connectivity index (χ3v) is 6.73. The lowest BCUT2D eigenvalue weighted by Crippen LogP contribution is -2.47. The third kappa shape index (κ3) is 6.14. The monoisotopic (exact) mass is 463 g/mol. The Labute approximate surface area is 201 Å². The first-order valence-electron chi connectivity index (χ1n) is 12.0. The fourth-order valence-corrected chi connectivity index (χ4v) is 4.92. The number of pyridine rings is 1. The van der Waals surface area contributed by atoms with Crippen LogP contribution < -0.4 is 15.6 Å². The van der Waals surface area contributed by atoms with Gasteiger partial charge in [-0.15, -0.1) is 0 Å². The van der Waals surface area contributed by atoms with E-state index in [2.05, 4.69) is 39.5 Å². The van der Waals surface area contributed by atoms with E-state index in [0.717, 1.165) is 53.1 Å². The highest BCUT2D eigenvalue weighted by Gasteiger charge is 2.24.